The molecule has 1 amide bonds. The molecule has 0 bridgehead atoms. The van der Waals surface area contributed by atoms with Crippen molar-refractivity contribution in [2.75, 3.05) is 6.54 Å². The van der Waals surface area contributed by atoms with Gasteiger partial charge in [0, 0.05) is 13.0 Å². The van der Waals surface area contributed by atoms with Gasteiger partial charge in [0.05, 0.1) is 4.91 Å². The molecule has 1 aliphatic heterocycles. The van der Waals surface area contributed by atoms with Crippen LogP contribution >= 0.6 is 24.0 Å². The summed E-state index contributed by atoms with van der Waals surface area (Å²) in [7, 11) is 0. The standard InChI is InChI=1S/C21H19NO3S2/c1-14-5-2-3-6-17(14)16-10-8-15(9-11-16)13-18-20(25)22(21(26)27-18)12-4-7-19(23)24/h2-3,5-6,8-11,13H,4,7,12H2,1H3,(H,23,24)/b18-13-. The van der Waals surface area contributed by atoms with Gasteiger partial charge in [0.15, 0.2) is 0 Å². The highest BCUT2D eigenvalue weighted by atomic mass is 32.2. The summed E-state index contributed by atoms with van der Waals surface area (Å²) in [6.45, 7) is 2.42. The van der Waals surface area contributed by atoms with E-state index in [1.54, 1.807) is 0 Å². The number of hydrogen-bond acceptors (Lipinski definition) is 4. The number of aliphatic carboxylic acids is 1. The highest BCUT2D eigenvalue weighted by molar-refractivity contribution is 8.26. The van der Waals surface area contributed by atoms with Crippen LogP contribution in [0.4, 0.5) is 0 Å². The highest BCUT2D eigenvalue weighted by Crippen LogP contribution is 2.33. The van der Waals surface area contributed by atoms with Crippen molar-refractivity contribution in [3.63, 3.8) is 0 Å². The summed E-state index contributed by atoms with van der Waals surface area (Å²) in [4.78, 5) is 25.2. The summed E-state index contributed by atoms with van der Waals surface area (Å²) < 4.78 is 0.480. The van der Waals surface area contributed by atoms with E-state index in [1.807, 2.05) is 42.5 Å². The first kappa shape index (κ1) is 19.3. The Balaban J connectivity index is 1.73. The van der Waals surface area contributed by atoms with Crippen LogP contribution in [0.25, 0.3) is 17.2 Å². The van der Waals surface area contributed by atoms with Crippen molar-refractivity contribution in [2.45, 2.75) is 19.8 Å². The Morgan fingerprint density at radius 3 is 2.56 bits per heavy atom. The lowest BCUT2D eigenvalue weighted by atomic mass is 9.99. The smallest absolute Gasteiger partial charge is 0.303 e. The molecule has 4 nitrogen and oxygen atoms in total. The van der Waals surface area contributed by atoms with E-state index >= 15 is 0 Å². The number of amides is 1. The lowest BCUT2D eigenvalue weighted by Crippen LogP contribution is -2.29. The van der Waals surface area contributed by atoms with E-state index in [2.05, 4.69) is 19.1 Å². The number of carboxylic acid groups (broad SMARTS) is 1. The quantitative estimate of drug-likeness (QED) is 0.564. The maximum Gasteiger partial charge on any atom is 0.303 e. The second-order valence-electron chi connectivity index (χ2n) is 6.27. The maximum absolute atomic E-state index is 12.5. The molecule has 1 fully saturated rings. The van der Waals surface area contributed by atoms with E-state index in [9.17, 15) is 9.59 Å². The van der Waals surface area contributed by atoms with Crippen molar-refractivity contribution in [2.24, 2.45) is 0 Å². The molecule has 1 saturated heterocycles. The van der Waals surface area contributed by atoms with Gasteiger partial charge < -0.3 is 5.11 Å². The Labute approximate surface area is 167 Å². The number of carbonyl (C=O) groups is 2. The van der Waals surface area contributed by atoms with Gasteiger partial charge in [0.2, 0.25) is 0 Å². The third-order valence-electron chi connectivity index (χ3n) is 4.31. The maximum atomic E-state index is 12.5. The lowest BCUT2D eigenvalue weighted by Gasteiger charge is -2.13. The second-order valence-corrected chi connectivity index (χ2v) is 7.94. The van der Waals surface area contributed by atoms with Crippen LogP contribution in [-0.4, -0.2) is 32.7 Å². The molecule has 0 aliphatic carbocycles. The molecule has 138 valence electrons. The molecule has 0 unspecified atom stereocenters. The van der Waals surface area contributed by atoms with Crippen molar-refractivity contribution in [3.8, 4) is 11.1 Å². The summed E-state index contributed by atoms with van der Waals surface area (Å²) >= 11 is 6.53. The third kappa shape index (κ3) is 4.64. The Morgan fingerprint density at radius 1 is 1.19 bits per heavy atom. The van der Waals surface area contributed by atoms with Crippen LogP contribution in [-0.2, 0) is 9.59 Å². The average Bonchev–Trinajstić information content (AvgIpc) is 2.90. The summed E-state index contributed by atoms with van der Waals surface area (Å²) in [6.07, 6.45) is 2.24. The Morgan fingerprint density at radius 2 is 1.89 bits per heavy atom. The van der Waals surface area contributed by atoms with Crippen LogP contribution in [0.2, 0.25) is 0 Å². The molecular weight excluding hydrogens is 378 g/mol. The SMILES string of the molecule is Cc1ccccc1-c1ccc(/C=C2\SC(=S)N(CCCC(=O)O)C2=O)cc1. The number of carboxylic acids is 1. The number of nitrogens with zero attached hydrogens (tertiary/aromatic N) is 1. The van der Waals surface area contributed by atoms with Gasteiger partial charge in [-0.3, -0.25) is 14.5 Å². The van der Waals surface area contributed by atoms with Crippen LogP contribution < -0.4 is 0 Å². The number of thioether (sulfide) groups is 1. The number of benzene rings is 2. The molecule has 1 heterocycles. The number of aryl methyl sites for hydroxylation is 1. The molecule has 0 spiro atoms. The number of hydrogen-bond donors (Lipinski definition) is 1. The van der Waals surface area contributed by atoms with E-state index < -0.39 is 5.97 Å². The fourth-order valence-electron chi connectivity index (χ4n) is 2.89. The molecule has 0 aromatic heterocycles. The molecular formula is C21H19NO3S2. The van der Waals surface area contributed by atoms with E-state index in [4.69, 9.17) is 17.3 Å². The molecule has 0 radical (unpaired) electrons. The minimum absolute atomic E-state index is 0.0243. The fourth-order valence-corrected chi connectivity index (χ4v) is 4.20. The molecule has 3 rings (SSSR count). The van der Waals surface area contributed by atoms with Crippen LogP contribution in [0.3, 0.4) is 0 Å². The van der Waals surface area contributed by atoms with Crippen LogP contribution in [0.5, 0.6) is 0 Å². The molecule has 2 aromatic carbocycles. The van der Waals surface area contributed by atoms with Gasteiger partial charge in [-0.15, -0.1) is 0 Å². The van der Waals surface area contributed by atoms with Gasteiger partial charge in [-0.25, -0.2) is 0 Å². The highest BCUT2D eigenvalue weighted by Gasteiger charge is 2.31. The van der Waals surface area contributed by atoms with Crippen LogP contribution in [0, 0.1) is 6.92 Å². The molecule has 27 heavy (non-hydrogen) atoms. The minimum Gasteiger partial charge on any atom is -0.481 e. The zero-order valence-corrected chi connectivity index (χ0v) is 16.5. The first-order valence-electron chi connectivity index (χ1n) is 8.59. The topological polar surface area (TPSA) is 57.6 Å². The summed E-state index contributed by atoms with van der Waals surface area (Å²) in [5.41, 5.74) is 4.46. The molecule has 2 aromatic rings. The molecule has 0 saturated carbocycles. The number of rotatable bonds is 6. The van der Waals surface area contributed by atoms with Gasteiger partial charge in [0.1, 0.15) is 4.32 Å². The van der Waals surface area contributed by atoms with E-state index in [0.29, 0.717) is 22.2 Å². The molecule has 1 N–H and O–H groups in total. The molecule has 6 heteroatoms. The van der Waals surface area contributed by atoms with Gasteiger partial charge in [0.25, 0.3) is 5.91 Å². The summed E-state index contributed by atoms with van der Waals surface area (Å²) in [5, 5.41) is 8.73. The predicted octanol–water partition coefficient (Wildman–Crippen LogP) is 4.73. The van der Waals surface area contributed by atoms with Gasteiger partial charge in [-0.1, -0.05) is 72.5 Å². The van der Waals surface area contributed by atoms with Gasteiger partial charge in [-0.2, -0.15) is 0 Å². The summed E-state index contributed by atoms with van der Waals surface area (Å²) in [5.74, 6) is -1.02. The Bertz CT molecular complexity index is 919. The largest absolute Gasteiger partial charge is 0.481 e. The third-order valence-corrected chi connectivity index (χ3v) is 5.69. The zero-order chi connectivity index (χ0) is 19.4. The molecule has 0 atom stereocenters. The number of thiocarbonyl (C=S) groups is 1. The number of carbonyl (C=O) groups excluding carboxylic acids is 1. The van der Waals surface area contributed by atoms with Crippen molar-refractivity contribution in [3.05, 3.63) is 64.6 Å². The predicted molar refractivity (Wildman–Crippen MR) is 113 cm³/mol. The van der Waals surface area contributed by atoms with Crippen LogP contribution in [0.15, 0.2) is 53.4 Å². The van der Waals surface area contributed by atoms with Gasteiger partial charge in [-0.05, 0) is 41.7 Å². The Kier molecular flexibility index (Phi) is 6.08. The molecule has 1 aliphatic rings. The first-order valence-corrected chi connectivity index (χ1v) is 9.81. The van der Waals surface area contributed by atoms with Crippen molar-refractivity contribution in [1.29, 1.82) is 0 Å². The fraction of sp³-hybridized carbons (Fsp3) is 0.190. The normalized spacial score (nSPS) is 15.6. The zero-order valence-electron chi connectivity index (χ0n) is 14.8. The average molecular weight is 398 g/mol. The first-order chi connectivity index (χ1) is 13.0. The van der Waals surface area contributed by atoms with Crippen molar-refractivity contribution < 1.29 is 14.7 Å². The van der Waals surface area contributed by atoms with E-state index in [0.717, 1.165) is 11.1 Å². The second kappa shape index (κ2) is 8.50. The Hall–Kier alpha value is -2.44. The van der Waals surface area contributed by atoms with Crippen LogP contribution in [0.1, 0.15) is 24.0 Å². The summed E-state index contributed by atoms with van der Waals surface area (Å²) in [6, 6.07) is 16.3. The minimum atomic E-state index is -0.871. The van der Waals surface area contributed by atoms with Crippen molar-refractivity contribution in [1.82, 2.24) is 4.90 Å². The van der Waals surface area contributed by atoms with E-state index in [-0.39, 0.29) is 12.3 Å². The van der Waals surface area contributed by atoms with Crippen molar-refractivity contribution >= 4 is 46.3 Å². The van der Waals surface area contributed by atoms with E-state index in [1.165, 1.54) is 27.8 Å². The lowest BCUT2D eigenvalue weighted by molar-refractivity contribution is -0.137. The van der Waals surface area contributed by atoms with Gasteiger partial charge >= 0.3 is 5.97 Å². The monoisotopic (exact) mass is 397 g/mol.